The highest BCUT2D eigenvalue weighted by Gasteiger charge is 2.37. The molecule has 3 heterocycles. The van der Waals surface area contributed by atoms with Gasteiger partial charge in [0.05, 0.1) is 91.2 Å². The fraction of sp³-hybridized carbons (Fsp3) is 0.500. The van der Waals surface area contributed by atoms with Gasteiger partial charge in [-0.2, -0.15) is 5.26 Å². The number of amides is 1. The van der Waals surface area contributed by atoms with Crippen LogP contribution in [-0.2, 0) is 42.9 Å². The van der Waals surface area contributed by atoms with Gasteiger partial charge in [-0.15, -0.1) is 0 Å². The van der Waals surface area contributed by atoms with Crippen molar-refractivity contribution in [2.24, 2.45) is 5.41 Å². The zero-order valence-electron chi connectivity index (χ0n) is 57.3. The van der Waals surface area contributed by atoms with Crippen LogP contribution in [0.25, 0.3) is 10.2 Å². The number of ether oxygens (including phenoxy) is 11. The summed E-state index contributed by atoms with van der Waals surface area (Å²) in [4.78, 5) is 82.9. The van der Waals surface area contributed by atoms with Crippen LogP contribution in [0.15, 0.2) is 118 Å². The van der Waals surface area contributed by atoms with Crippen molar-refractivity contribution in [2.75, 3.05) is 78.0 Å². The molecule has 534 valence electrons. The number of anilines is 1. The molecule has 5 aromatic rings. The summed E-state index contributed by atoms with van der Waals surface area (Å²) in [6.07, 6.45) is 22.8. The third kappa shape index (κ3) is 27.0. The van der Waals surface area contributed by atoms with E-state index in [-0.39, 0.29) is 63.2 Å². The van der Waals surface area contributed by atoms with Gasteiger partial charge in [0.25, 0.3) is 0 Å². The molecule has 1 fully saturated rings. The molecule has 1 aromatic heterocycles. The van der Waals surface area contributed by atoms with Gasteiger partial charge < -0.3 is 57.4 Å². The zero-order valence-corrected chi connectivity index (χ0v) is 59.8. The van der Waals surface area contributed by atoms with Crippen LogP contribution in [0.4, 0.5) is 5.13 Å². The van der Waals surface area contributed by atoms with Gasteiger partial charge in [-0.1, -0.05) is 113 Å². The zero-order chi connectivity index (χ0) is 70.3. The Labute approximate surface area is 594 Å². The summed E-state index contributed by atoms with van der Waals surface area (Å²) in [5, 5.41) is 13.4. The molecule has 2 aliphatic heterocycles. The largest absolute Gasteiger partial charge is 0.494 e. The van der Waals surface area contributed by atoms with E-state index in [1.165, 1.54) is 35.7 Å². The maximum Gasteiger partial charge on any atom is 0.350 e. The summed E-state index contributed by atoms with van der Waals surface area (Å²) in [6, 6.07) is 22.1. The minimum atomic E-state index is -0.665. The van der Waals surface area contributed by atoms with Crippen LogP contribution in [0.1, 0.15) is 189 Å². The number of nitriles is 1. The molecule has 1 N–H and O–H groups in total. The second-order valence-electron chi connectivity index (χ2n) is 24.2. The maximum atomic E-state index is 13.6. The molecule has 0 spiro atoms. The average molecular weight is 1420 g/mol. The van der Waals surface area contributed by atoms with E-state index in [1.807, 2.05) is 12.1 Å². The normalized spacial score (nSPS) is 13.2. The minimum Gasteiger partial charge on any atom is -0.494 e. The first-order valence-corrected chi connectivity index (χ1v) is 37.3. The summed E-state index contributed by atoms with van der Waals surface area (Å²) in [5.74, 6) is -0.290. The Morgan fingerprint density at radius 2 is 0.990 bits per heavy atom. The van der Waals surface area contributed by atoms with Gasteiger partial charge >= 0.3 is 29.8 Å². The highest BCUT2D eigenvalue weighted by molar-refractivity contribution is 8.24. The van der Waals surface area contributed by atoms with E-state index in [0.29, 0.717) is 84.4 Å². The number of unbranched alkanes of at least 4 members (excludes halogenated alkanes) is 17. The van der Waals surface area contributed by atoms with Gasteiger partial charge in [0.2, 0.25) is 5.91 Å². The van der Waals surface area contributed by atoms with Gasteiger partial charge in [0.1, 0.15) is 39.3 Å². The summed E-state index contributed by atoms with van der Waals surface area (Å²) in [5.41, 5.74) is 0.884. The first-order valence-electron chi connectivity index (χ1n) is 34.8. The molecule has 0 bridgehead atoms. The molecular formula is C76H95N3O17S3. The van der Waals surface area contributed by atoms with Crippen LogP contribution in [0, 0.1) is 16.7 Å². The molecule has 0 atom stereocenters. The number of thioether (sulfide) groups is 2. The quantitative estimate of drug-likeness (QED) is 0.00948. The SMILES string of the molecule is C=CC(=O)OCCCCCCOc1ccc(C(=O)Oc2ccc(OC(=O)c3ccc(OCCCCCCOC(=O)C=C)cc3)c3sc(NC(=O)CCCCCCCCCOC(=O)/C(C#N)=C4\Sc5c(OCCCCC)ccc(OCCCCCCOCC6(CC)COC6)c5S4)nc23)cc1. The standard InChI is InChI=1S/C76H95N3O17S3/c1-5-9-22-46-90-61-40-41-62(91-47-26-16-15-23-43-86-52-76(8-4)53-87-54-76)70-69(61)97-74(98-70)59(51-77)73(85)94-50-29-14-12-10-11-13-21-30-64(80)78-75-79-67-60(95-71(83)55-31-35-57(36-32-55)88-44-24-17-19-27-48-92-65(81)6-2)39-42-63(68(67)99-75)96-72(84)56-33-37-58(38-34-56)89-45-25-18-20-28-49-93-66(82)7-3/h6-7,31-42H,2-3,5,8-30,43-50,52-54H2,1,4H3,(H,78,79,80)/b74-59+. The summed E-state index contributed by atoms with van der Waals surface area (Å²) in [6.45, 7) is 17.1. The van der Waals surface area contributed by atoms with Crippen LogP contribution in [0.5, 0.6) is 34.5 Å². The van der Waals surface area contributed by atoms with E-state index in [2.05, 4.69) is 43.4 Å². The van der Waals surface area contributed by atoms with Gasteiger partial charge in [0, 0.05) is 30.6 Å². The number of aromatic nitrogens is 1. The number of thiazole rings is 1. The lowest BCUT2D eigenvalue weighted by Gasteiger charge is -2.40. The van der Waals surface area contributed by atoms with Crippen LogP contribution in [-0.4, -0.2) is 113 Å². The highest BCUT2D eigenvalue weighted by Crippen LogP contribution is 2.59. The first kappa shape index (κ1) is 78.5. The fourth-order valence-corrected chi connectivity index (χ4v) is 13.9. The third-order valence-electron chi connectivity index (χ3n) is 16.4. The van der Waals surface area contributed by atoms with Crippen LogP contribution in [0.2, 0.25) is 0 Å². The molecule has 23 heteroatoms. The Bertz CT molecular complexity index is 3350. The fourth-order valence-electron chi connectivity index (χ4n) is 10.4. The summed E-state index contributed by atoms with van der Waals surface area (Å²) >= 11 is 3.78. The minimum absolute atomic E-state index is 0.0351. The second kappa shape index (κ2) is 44.3. The molecular weight excluding hydrogens is 1320 g/mol. The van der Waals surface area contributed by atoms with Crippen molar-refractivity contribution in [2.45, 2.75) is 178 Å². The summed E-state index contributed by atoms with van der Waals surface area (Å²) in [7, 11) is 0. The lowest BCUT2D eigenvalue weighted by atomic mass is 9.84. The number of hydrogen-bond acceptors (Lipinski definition) is 22. The van der Waals surface area contributed by atoms with Crippen molar-refractivity contribution in [1.29, 1.82) is 5.26 Å². The van der Waals surface area contributed by atoms with Gasteiger partial charge in [-0.05, 0) is 169 Å². The second-order valence-corrected chi connectivity index (χ2v) is 27.5. The Morgan fingerprint density at radius 1 is 0.545 bits per heavy atom. The van der Waals surface area contributed by atoms with Crippen molar-refractivity contribution in [1.82, 2.24) is 4.98 Å². The molecule has 0 unspecified atom stereocenters. The Balaban J connectivity index is 0.848. The van der Waals surface area contributed by atoms with E-state index in [0.717, 1.165) is 195 Å². The lowest BCUT2D eigenvalue weighted by Crippen LogP contribution is -2.45. The monoisotopic (exact) mass is 1420 g/mol. The first-order chi connectivity index (χ1) is 48.4. The summed E-state index contributed by atoms with van der Waals surface area (Å²) < 4.78 is 64.1. The number of hydrogen-bond donors (Lipinski definition) is 1. The van der Waals surface area contributed by atoms with Gasteiger partial charge in [-0.3, -0.25) is 4.79 Å². The van der Waals surface area contributed by atoms with Crippen molar-refractivity contribution < 1.29 is 80.9 Å². The van der Waals surface area contributed by atoms with Crippen molar-refractivity contribution in [3.63, 3.8) is 0 Å². The number of fused-ring (bicyclic) bond motifs is 2. The van der Waals surface area contributed by atoms with Crippen LogP contribution >= 0.6 is 34.9 Å². The Hall–Kier alpha value is -7.88. The molecule has 0 saturated carbocycles. The molecule has 7 rings (SSSR count). The Kier molecular flexibility index (Phi) is 35.1. The molecule has 4 aromatic carbocycles. The van der Waals surface area contributed by atoms with Crippen molar-refractivity contribution >= 4 is 86.0 Å². The predicted molar refractivity (Wildman–Crippen MR) is 383 cm³/mol. The molecule has 2 aliphatic rings. The van der Waals surface area contributed by atoms with Gasteiger partial charge in [0.15, 0.2) is 22.2 Å². The number of carbonyl (C=O) groups excluding carboxylic acids is 6. The van der Waals surface area contributed by atoms with E-state index < -0.39 is 29.8 Å². The molecule has 0 aliphatic carbocycles. The maximum absolute atomic E-state index is 13.6. The topological polar surface area (TPSA) is 253 Å². The van der Waals surface area contributed by atoms with E-state index in [4.69, 9.17) is 52.1 Å². The van der Waals surface area contributed by atoms with E-state index in [1.54, 1.807) is 48.5 Å². The van der Waals surface area contributed by atoms with E-state index in [9.17, 15) is 34.0 Å². The molecule has 1 amide bonds. The number of nitrogens with zero attached hydrogens (tertiary/aromatic N) is 2. The lowest BCUT2D eigenvalue weighted by molar-refractivity contribution is -0.150. The average Bonchev–Trinajstić information content (AvgIpc) is 1.67. The third-order valence-corrected chi connectivity index (χ3v) is 20.0. The van der Waals surface area contributed by atoms with Crippen molar-refractivity contribution in [3.8, 4) is 40.6 Å². The number of nitrogens with one attached hydrogen (secondary N) is 1. The molecule has 1 saturated heterocycles. The smallest absolute Gasteiger partial charge is 0.350 e. The number of esters is 5. The number of benzene rings is 4. The van der Waals surface area contributed by atoms with Gasteiger partial charge in [-0.25, -0.2) is 29.0 Å². The van der Waals surface area contributed by atoms with Crippen LogP contribution in [0.3, 0.4) is 0 Å². The molecule has 20 nitrogen and oxygen atoms in total. The molecule has 99 heavy (non-hydrogen) atoms. The van der Waals surface area contributed by atoms with Crippen LogP contribution < -0.4 is 33.7 Å². The Morgan fingerprint density at radius 3 is 1.47 bits per heavy atom. The predicted octanol–water partition coefficient (Wildman–Crippen LogP) is 17.3. The number of carbonyl (C=O) groups is 6. The molecule has 0 radical (unpaired) electrons. The van der Waals surface area contributed by atoms with E-state index >= 15 is 0 Å². The highest BCUT2D eigenvalue weighted by atomic mass is 32.2. The number of rotatable bonds is 50. The van der Waals surface area contributed by atoms with Crippen molar-refractivity contribution in [3.05, 3.63) is 119 Å².